The van der Waals surface area contributed by atoms with E-state index in [2.05, 4.69) is 76.3 Å². The second-order valence-corrected chi connectivity index (χ2v) is 26.7. The molecule has 0 aromatic heterocycles. The summed E-state index contributed by atoms with van der Waals surface area (Å²) < 4.78 is 19.7. The summed E-state index contributed by atoms with van der Waals surface area (Å²) in [5.74, 6) is 1.42. The molecule has 8 nitrogen and oxygen atoms in total. The number of carbonyl (C=O) groups excluding carboxylic acids is 4. The van der Waals surface area contributed by atoms with Gasteiger partial charge in [0.25, 0.3) is 0 Å². The zero-order chi connectivity index (χ0) is 68.0. The Morgan fingerprint density at radius 3 is 0.485 bits per heavy atom. The topological polar surface area (TPSA) is 105 Å². The van der Waals surface area contributed by atoms with Gasteiger partial charge in [0, 0.05) is 25.7 Å². The Hall–Kier alpha value is 0.187. The Labute approximate surface area is 668 Å². The molecule has 0 rings (SSSR count). The first-order valence-electron chi connectivity index (χ1n) is 38.8. The number of hydrogen-bond acceptors (Lipinski definition) is 12. The molecule has 0 aliphatic carbocycles. The van der Waals surface area contributed by atoms with E-state index in [0.29, 0.717) is 75.1 Å². The number of esters is 4. The molecule has 0 bridgehead atoms. The van der Waals surface area contributed by atoms with E-state index in [9.17, 15) is 19.2 Å². The predicted molar refractivity (Wildman–Crippen MR) is 446 cm³/mol. The first-order chi connectivity index (χ1) is 45.2. The van der Waals surface area contributed by atoms with E-state index in [-0.39, 0.29) is 100 Å². The Morgan fingerprint density at radius 1 is 0.227 bits per heavy atom. The Morgan fingerprint density at radius 2 is 0.351 bits per heavy atom. The van der Waals surface area contributed by atoms with Gasteiger partial charge < -0.3 is 69.5 Å². The number of rotatable bonds is 68. The van der Waals surface area contributed by atoms with Gasteiger partial charge in [-0.3, -0.25) is 19.2 Å². The molecule has 0 saturated heterocycles. The second-order valence-electron chi connectivity index (χ2n) is 25.0. The number of carbonyl (C=O) groups is 4. The summed E-state index contributed by atoms with van der Waals surface area (Å²) in [6, 6.07) is 0. The fraction of sp³-hybridized carbons (Fsp3) is 0.854. The third kappa shape index (κ3) is 120. The van der Waals surface area contributed by atoms with E-state index >= 15 is 0 Å². The average Bonchev–Trinajstić information content (AvgIpc) is 3.68. The molecular formula is C82H158O8S5Sn2. The van der Waals surface area contributed by atoms with E-state index in [1.54, 1.807) is 0 Å². The van der Waals surface area contributed by atoms with Crippen LogP contribution >= 0.6 is 13.5 Å². The Balaban J connectivity index is -0.000000149. The van der Waals surface area contributed by atoms with Crippen molar-refractivity contribution >= 4 is 136 Å². The zero-order valence-electron chi connectivity index (χ0n) is 62.3. The molecule has 0 spiro atoms. The zero-order valence-corrected chi connectivity index (χ0v) is 72.2. The second kappa shape index (κ2) is 112. The molecule has 15 heteroatoms. The van der Waals surface area contributed by atoms with Crippen molar-refractivity contribution in [1.29, 1.82) is 0 Å². The number of ether oxygens (including phenoxy) is 4. The summed E-state index contributed by atoms with van der Waals surface area (Å²) in [6.07, 6.45) is 87.8. The van der Waals surface area contributed by atoms with Gasteiger partial charge in [-0.15, -0.1) is 23.0 Å². The summed E-state index contributed by atoms with van der Waals surface area (Å²) >= 11 is 18.9. The van der Waals surface area contributed by atoms with Crippen molar-refractivity contribution in [1.82, 2.24) is 0 Å². The minimum absolute atomic E-state index is 0. The molecule has 0 aromatic carbocycles. The third-order valence-corrected chi connectivity index (χ3v) is 16.7. The van der Waals surface area contributed by atoms with Crippen molar-refractivity contribution in [3.05, 3.63) is 48.6 Å². The van der Waals surface area contributed by atoms with Gasteiger partial charge >= 0.3 is 71.7 Å². The van der Waals surface area contributed by atoms with Gasteiger partial charge in [-0.1, -0.05) is 348 Å². The SMILES string of the molecule is C.C.CCCCCCCCCCCCC/C=C/CCC(=O)OCC[S-].CCCCCCCCCCCCC/C=C/CCC(=O)OCC[S-].CCCCCCCCCCCCC/C=C/CCC(=O)OCC[S-].CCCCCCCCCCCCC/C=C/CCC(=O)OCC[S-].S.[Sn+2].[Sn+2]. The van der Waals surface area contributed by atoms with Gasteiger partial charge in [-0.25, -0.2) is 0 Å². The maximum Gasteiger partial charge on any atom is 2.00 e. The molecule has 0 N–H and O–H groups in total. The fourth-order valence-corrected chi connectivity index (χ4v) is 10.7. The van der Waals surface area contributed by atoms with Crippen LogP contribution < -0.4 is 0 Å². The predicted octanol–water partition coefficient (Wildman–Crippen LogP) is 25.1. The quantitative estimate of drug-likeness (QED) is 0.0145. The van der Waals surface area contributed by atoms with Crippen LogP contribution in [0.5, 0.6) is 0 Å². The van der Waals surface area contributed by atoms with Crippen LogP contribution in [0.4, 0.5) is 0 Å². The molecule has 0 atom stereocenters. The van der Waals surface area contributed by atoms with Crippen LogP contribution in [0.2, 0.25) is 0 Å². The molecule has 0 aliphatic rings. The first-order valence-corrected chi connectivity index (χ1v) is 41.1. The standard InChI is InChI=1S/4C20H38O2S.2CH4.H2S.2Sn/c4*1-2-3-4-5-6-7-8-9-10-11-12-13-14-15-16-17-20(21)22-18-19-23;;;;;/h4*14-15,23H,2-13,16-19H2,1H3;2*1H4;1H2;;/q;;;;;;;2*+2/p-4/b4*15-14+;;;;;. The van der Waals surface area contributed by atoms with Gasteiger partial charge in [0.05, 0.1) is 26.4 Å². The average molecular weight is 1670 g/mol. The summed E-state index contributed by atoms with van der Waals surface area (Å²) in [6.45, 7) is 10.6. The third-order valence-electron chi connectivity index (χ3n) is 16.0. The molecule has 0 saturated carbocycles. The smallest absolute Gasteiger partial charge is 0.789 e. The van der Waals surface area contributed by atoms with Crippen molar-refractivity contribution < 1.29 is 38.1 Å². The van der Waals surface area contributed by atoms with Gasteiger partial charge in [0.2, 0.25) is 0 Å². The van der Waals surface area contributed by atoms with Crippen LogP contribution in [0, 0.1) is 0 Å². The van der Waals surface area contributed by atoms with Gasteiger partial charge in [-0.2, -0.15) is 13.5 Å². The number of hydrogen-bond donors (Lipinski definition) is 0. The van der Waals surface area contributed by atoms with Crippen LogP contribution in [0.15, 0.2) is 48.6 Å². The van der Waals surface area contributed by atoms with Crippen molar-refractivity contribution in [3.63, 3.8) is 0 Å². The number of allylic oxidation sites excluding steroid dienone is 8. The van der Waals surface area contributed by atoms with Crippen molar-refractivity contribution in [2.24, 2.45) is 0 Å². The van der Waals surface area contributed by atoms with Gasteiger partial charge in [0.15, 0.2) is 0 Å². The monoisotopic (exact) mass is 1670 g/mol. The minimum atomic E-state index is -0.130. The fourth-order valence-electron chi connectivity index (χ4n) is 10.4. The Bertz CT molecular complexity index is 1350. The van der Waals surface area contributed by atoms with Crippen molar-refractivity contribution in [3.8, 4) is 0 Å². The molecule has 0 unspecified atom stereocenters. The summed E-state index contributed by atoms with van der Waals surface area (Å²) in [7, 11) is 0. The normalized spacial score (nSPS) is 10.6. The van der Waals surface area contributed by atoms with E-state index in [1.807, 2.05) is 0 Å². The molecule has 0 fully saturated rings. The van der Waals surface area contributed by atoms with Crippen LogP contribution in [-0.2, 0) is 88.6 Å². The van der Waals surface area contributed by atoms with E-state index in [4.69, 9.17) is 69.5 Å². The van der Waals surface area contributed by atoms with Crippen LogP contribution in [0.1, 0.15) is 402 Å². The van der Waals surface area contributed by atoms with Crippen LogP contribution in [-0.4, -0.2) is 121 Å². The van der Waals surface area contributed by atoms with Crippen LogP contribution in [0.25, 0.3) is 0 Å². The molecular weight excluding hydrogens is 1510 g/mol. The van der Waals surface area contributed by atoms with E-state index in [1.165, 1.54) is 283 Å². The minimum Gasteiger partial charge on any atom is -0.789 e. The molecule has 0 aliphatic heterocycles. The van der Waals surface area contributed by atoms with Crippen molar-refractivity contribution in [2.45, 2.75) is 402 Å². The van der Waals surface area contributed by atoms with E-state index < -0.39 is 0 Å². The Kier molecular flexibility index (Phi) is 134. The first kappa shape index (κ1) is 116. The summed E-state index contributed by atoms with van der Waals surface area (Å²) in [5, 5.41) is 0. The molecule has 0 amide bonds. The molecule has 4 radical (unpaired) electrons. The van der Waals surface area contributed by atoms with Gasteiger partial charge in [0.1, 0.15) is 0 Å². The molecule has 572 valence electrons. The molecule has 0 heterocycles. The maximum absolute atomic E-state index is 11.2. The van der Waals surface area contributed by atoms with E-state index in [0.717, 1.165) is 51.4 Å². The van der Waals surface area contributed by atoms with Gasteiger partial charge in [-0.05, 0) is 77.0 Å². The molecule has 97 heavy (non-hydrogen) atoms. The largest absolute Gasteiger partial charge is 2.00 e. The summed E-state index contributed by atoms with van der Waals surface area (Å²) in [4.78, 5) is 44.9. The van der Waals surface area contributed by atoms with Crippen molar-refractivity contribution in [2.75, 3.05) is 49.4 Å². The maximum atomic E-state index is 11.2. The molecule has 0 aromatic rings. The van der Waals surface area contributed by atoms with Crippen LogP contribution in [0.3, 0.4) is 0 Å². The number of unbranched alkanes of at least 4 members (excludes halogenated alkanes) is 44. The summed E-state index contributed by atoms with van der Waals surface area (Å²) in [5.41, 5.74) is 0.